The summed E-state index contributed by atoms with van der Waals surface area (Å²) >= 11 is 0. The van der Waals surface area contributed by atoms with Crippen LogP contribution >= 0.6 is 0 Å². The number of nitrogens with zero attached hydrogens (tertiary/aromatic N) is 1. The Morgan fingerprint density at radius 1 is 0.739 bits per heavy atom. The zero-order valence-electron chi connectivity index (χ0n) is 13.3. The molecule has 0 aliphatic heterocycles. The van der Waals surface area contributed by atoms with Gasteiger partial charge in [0.05, 0.1) is 12.6 Å². The standard InChI is InChI=1S/C21H20N2/c1-23(17-18-11-5-2-6-12-18)21(19-13-7-3-8-14-19)22-20-15-9-4-10-16-20/h2-16H,17H2,1H3/p+1. The van der Waals surface area contributed by atoms with E-state index in [1.165, 1.54) is 11.1 Å². The fourth-order valence-electron chi connectivity index (χ4n) is 2.58. The third-order valence-corrected chi connectivity index (χ3v) is 3.73. The van der Waals surface area contributed by atoms with Crippen LogP contribution in [-0.4, -0.2) is 17.5 Å². The topological polar surface area (TPSA) is 15.0 Å². The summed E-state index contributed by atoms with van der Waals surface area (Å²) in [5.41, 5.74) is 3.55. The minimum absolute atomic E-state index is 0.852. The van der Waals surface area contributed by atoms with Crippen LogP contribution in [0.2, 0.25) is 0 Å². The van der Waals surface area contributed by atoms with Gasteiger partial charge in [0.2, 0.25) is 0 Å². The van der Waals surface area contributed by atoms with Crippen molar-refractivity contribution in [2.45, 2.75) is 6.54 Å². The molecule has 0 aliphatic carbocycles. The molecule has 23 heavy (non-hydrogen) atoms. The average molecular weight is 301 g/mol. The molecule has 0 saturated heterocycles. The Morgan fingerprint density at radius 3 is 1.87 bits per heavy atom. The maximum atomic E-state index is 3.56. The predicted octanol–water partition coefficient (Wildman–Crippen LogP) is 4.39. The van der Waals surface area contributed by atoms with Crippen molar-refractivity contribution in [3.8, 4) is 0 Å². The van der Waals surface area contributed by atoms with Gasteiger partial charge in [-0.2, -0.15) is 0 Å². The lowest BCUT2D eigenvalue weighted by Crippen LogP contribution is -2.26. The first-order chi connectivity index (χ1) is 11.3. The number of anilines is 1. The number of hydrogen-bond acceptors (Lipinski definition) is 0. The quantitative estimate of drug-likeness (QED) is 0.429. The van der Waals surface area contributed by atoms with Gasteiger partial charge in [0.25, 0.3) is 5.84 Å². The van der Waals surface area contributed by atoms with Crippen molar-refractivity contribution in [3.63, 3.8) is 0 Å². The lowest BCUT2D eigenvalue weighted by atomic mass is 10.1. The van der Waals surface area contributed by atoms with Crippen LogP contribution in [0.4, 0.5) is 5.69 Å². The van der Waals surface area contributed by atoms with E-state index in [0.717, 1.165) is 18.1 Å². The van der Waals surface area contributed by atoms with Crippen LogP contribution in [0.5, 0.6) is 0 Å². The van der Waals surface area contributed by atoms with E-state index in [0.29, 0.717) is 0 Å². The first-order valence-corrected chi connectivity index (χ1v) is 7.82. The largest absolute Gasteiger partial charge is 0.282 e. The predicted molar refractivity (Wildman–Crippen MR) is 96.9 cm³/mol. The van der Waals surface area contributed by atoms with Gasteiger partial charge in [-0.05, 0) is 29.8 Å². The van der Waals surface area contributed by atoms with Gasteiger partial charge in [0.15, 0.2) is 0 Å². The van der Waals surface area contributed by atoms with Crippen LogP contribution in [0.25, 0.3) is 0 Å². The van der Waals surface area contributed by atoms with E-state index < -0.39 is 0 Å². The van der Waals surface area contributed by atoms with Crippen LogP contribution in [0.15, 0.2) is 91.0 Å². The molecule has 0 bridgehead atoms. The third-order valence-electron chi connectivity index (χ3n) is 3.73. The second-order valence-electron chi connectivity index (χ2n) is 5.55. The summed E-state index contributed by atoms with van der Waals surface area (Å²) in [5.74, 6) is 1.10. The lowest BCUT2D eigenvalue weighted by molar-refractivity contribution is -0.513. The number of benzene rings is 3. The summed E-state index contributed by atoms with van der Waals surface area (Å²) in [6.45, 7) is 0.852. The van der Waals surface area contributed by atoms with E-state index in [9.17, 15) is 0 Å². The normalized spacial score (nSPS) is 11.7. The van der Waals surface area contributed by atoms with Crippen molar-refractivity contribution in [3.05, 3.63) is 102 Å². The molecule has 2 heteroatoms. The SMILES string of the molecule is C[N+](Cc1ccccc1)=C(Nc1ccccc1)c1ccccc1. The molecule has 1 N–H and O–H groups in total. The fourth-order valence-corrected chi connectivity index (χ4v) is 2.58. The van der Waals surface area contributed by atoms with Crippen LogP contribution in [0.1, 0.15) is 11.1 Å². The Hall–Kier alpha value is -2.87. The molecule has 0 aromatic heterocycles. The number of nitrogens with one attached hydrogen (secondary N) is 1. The lowest BCUT2D eigenvalue weighted by Gasteiger charge is -2.10. The zero-order chi connectivity index (χ0) is 15.9. The van der Waals surface area contributed by atoms with Gasteiger partial charge >= 0.3 is 0 Å². The Balaban J connectivity index is 1.95. The highest BCUT2D eigenvalue weighted by Gasteiger charge is 2.14. The summed E-state index contributed by atoms with van der Waals surface area (Å²) in [7, 11) is 2.12. The van der Waals surface area contributed by atoms with Crippen molar-refractivity contribution in [1.82, 2.24) is 0 Å². The average Bonchev–Trinajstić information content (AvgIpc) is 2.62. The van der Waals surface area contributed by atoms with Gasteiger partial charge < -0.3 is 0 Å². The van der Waals surface area contributed by atoms with E-state index in [2.05, 4.69) is 77.6 Å². The molecule has 114 valence electrons. The molecule has 0 aliphatic rings. The molecule has 3 aromatic rings. The molecular formula is C21H21N2+. The molecule has 0 heterocycles. The first-order valence-electron chi connectivity index (χ1n) is 7.82. The number of amidine groups is 1. The maximum absolute atomic E-state index is 3.56. The molecule has 0 saturated carbocycles. The van der Waals surface area contributed by atoms with E-state index in [1.807, 2.05) is 30.3 Å². The van der Waals surface area contributed by atoms with E-state index in [-0.39, 0.29) is 0 Å². The molecular weight excluding hydrogens is 280 g/mol. The van der Waals surface area contributed by atoms with Crippen molar-refractivity contribution < 1.29 is 4.58 Å². The van der Waals surface area contributed by atoms with Crippen molar-refractivity contribution in [2.75, 3.05) is 12.4 Å². The van der Waals surface area contributed by atoms with Gasteiger partial charge in [-0.15, -0.1) is 0 Å². The van der Waals surface area contributed by atoms with E-state index in [1.54, 1.807) is 0 Å². The summed E-state index contributed by atoms with van der Waals surface area (Å²) in [6.07, 6.45) is 0. The fraction of sp³-hybridized carbons (Fsp3) is 0.0952. The highest BCUT2D eigenvalue weighted by atomic mass is 15.1. The van der Waals surface area contributed by atoms with E-state index >= 15 is 0 Å². The molecule has 0 fully saturated rings. The molecule has 3 aromatic carbocycles. The molecule has 2 nitrogen and oxygen atoms in total. The Bertz CT molecular complexity index is 763. The summed E-state index contributed by atoms with van der Waals surface area (Å²) < 4.78 is 2.25. The molecule has 3 rings (SSSR count). The molecule has 0 amide bonds. The number of para-hydroxylation sites is 1. The molecule has 0 radical (unpaired) electrons. The van der Waals surface area contributed by atoms with Crippen LogP contribution in [0.3, 0.4) is 0 Å². The highest BCUT2D eigenvalue weighted by Crippen LogP contribution is 2.10. The minimum atomic E-state index is 0.852. The Morgan fingerprint density at radius 2 is 1.26 bits per heavy atom. The number of rotatable bonds is 4. The molecule has 0 spiro atoms. The monoisotopic (exact) mass is 301 g/mol. The number of hydrogen-bond donors (Lipinski definition) is 1. The summed E-state index contributed by atoms with van der Waals surface area (Å²) in [6, 6.07) is 31.2. The minimum Gasteiger partial charge on any atom is -0.260 e. The maximum Gasteiger partial charge on any atom is 0.282 e. The molecule has 0 unspecified atom stereocenters. The van der Waals surface area contributed by atoms with Crippen LogP contribution in [0, 0.1) is 0 Å². The Labute approximate surface area is 137 Å². The van der Waals surface area contributed by atoms with Crippen LogP contribution < -0.4 is 5.32 Å². The van der Waals surface area contributed by atoms with Gasteiger partial charge in [0, 0.05) is 0 Å². The van der Waals surface area contributed by atoms with Crippen molar-refractivity contribution in [1.29, 1.82) is 0 Å². The van der Waals surface area contributed by atoms with Crippen LogP contribution in [-0.2, 0) is 6.54 Å². The Kier molecular flexibility index (Phi) is 4.85. The zero-order valence-corrected chi connectivity index (χ0v) is 13.3. The first kappa shape index (κ1) is 15.0. The van der Waals surface area contributed by atoms with E-state index in [4.69, 9.17) is 0 Å². The van der Waals surface area contributed by atoms with Gasteiger partial charge in [-0.1, -0.05) is 66.7 Å². The summed E-state index contributed by atoms with van der Waals surface area (Å²) in [5, 5.41) is 3.56. The summed E-state index contributed by atoms with van der Waals surface area (Å²) in [4.78, 5) is 0. The van der Waals surface area contributed by atoms with Gasteiger partial charge in [-0.3, -0.25) is 4.58 Å². The highest BCUT2D eigenvalue weighted by molar-refractivity contribution is 6.04. The smallest absolute Gasteiger partial charge is 0.260 e. The third kappa shape index (κ3) is 4.07. The van der Waals surface area contributed by atoms with Gasteiger partial charge in [-0.25, -0.2) is 5.32 Å². The second kappa shape index (κ2) is 7.41. The second-order valence-corrected chi connectivity index (χ2v) is 5.55. The van der Waals surface area contributed by atoms with Crippen molar-refractivity contribution >= 4 is 11.5 Å². The van der Waals surface area contributed by atoms with Crippen molar-refractivity contribution in [2.24, 2.45) is 0 Å². The molecule has 0 atom stereocenters. The van der Waals surface area contributed by atoms with Gasteiger partial charge in [0.1, 0.15) is 12.2 Å².